The predicted octanol–water partition coefficient (Wildman–Crippen LogP) is 1.61. The Morgan fingerprint density at radius 2 is 1.96 bits per heavy atom. The van der Waals surface area contributed by atoms with E-state index in [0.717, 1.165) is 11.1 Å². The van der Waals surface area contributed by atoms with Crippen LogP contribution in [0.2, 0.25) is 5.02 Å². The molecule has 1 amide bonds. The van der Waals surface area contributed by atoms with Crippen LogP contribution in [-0.4, -0.2) is 60.2 Å². The molecule has 0 spiro atoms. The predicted molar refractivity (Wildman–Crippen MR) is 93.7 cm³/mol. The molecule has 1 aliphatic rings. The molecule has 7 nitrogen and oxygen atoms in total. The third-order valence-corrected chi connectivity index (χ3v) is 4.08. The standard InChI is InChI=1S/C17H19ClN4O3/c18-14-9-12(1-2-15(14)25-6-3-19)13-10-20-16(21-11-13)17(23)22-4-7-24-8-5-22/h1-2,9-11H,3-8,19H2. The van der Waals surface area contributed by atoms with E-state index in [1.807, 2.05) is 6.07 Å². The largest absolute Gasteiger partial charge is 0.491 e. The van der Waals surface area contributed by atoms with Gasteiger partial charge in [-0.25, -0.2) is 9.97 Å². The molecule has 1 aromatic carbocycles. The van der Waals surface area contributed by atoms with E-state index in [4.69, 9.17) is 26.8 Å². The number of aromatic nitrogens is 2. The third kappa shape index (κ3) is 4.25. The number of nitrogens with zero attached hydrogens (tertiary/aromatic N) is 3. The fourth-order valence-corrected chi connectivity index (χ4v) is 2.70. The summed E-state index contributed by atoms with van der Waals surface area (Å²) in [6.45, 7) is 3.03. The average molecular weight is 363 g/mol. The monoisotopic (exact) mass is 362 g/mol. The molecule has 2 aromatic rings. The van der Waals surface area contributed by atoms with E-state index in [1.54, 1.807) is 29.4 Å². The van der Waals surface area contributed by atoms with Gasteiger partial charge in [0.1, 0.15) is 12.4 Å². The van der Waals surface area contributed by atoms with Gasteiger partial charge in [0.2, 0.25) is 5.82 Å². The Bertz CT molecular complexity index is 733. The van der Waals surface area contributed by atoms with Crippen LogP contribution in [0.15, 0.2) is 30.6 Å². The van der Waals surface area contributed by atoms with Gasteiger partial charge in [-0.2, -0.15) is 0 Å². The molecule has 1 aromatic heterocycles. The Balaban J connectivity index is 1.73. The molecule has 0 atom stereocenters. The molecule has 0 saturated carbocycles. The number of amides is 1. The van der Waals surface area contributed by atoms with Gasteiger partial charge >= 0.3 is 0 Å². The van der Waals surface area contributed by atoms with Crippen molar-refractivity contribution in [3.05, 3.63) is 41.4 Å². The van der Waals surface area contributed by atoms with Crippen LogP contribution < -0.4 is 10.5 Å². The number of nitrogens with two attached hydrogens (primary N) is 1. The average Bonchev–Trinajstić information content (AvgIpc) is 2.67. The highest BCUT2D eigenvalue weighted by Crippen LogP contribution is 2.29. The molecule has 3 rings (SSSR count). The molecule has 1 fully saturated rings. The summed E-state index contributed by atoms with van der Waals surface area (Å²) in [4.78, 5) is 22.4. The van der Waals surface area contributed by atoms with Crippen molar-refractivity contribution in [2.75, 3.05) is 39.5 Å². The smallest absolute Gasteiger partial charge is 0.291 e. The molecule has 2 heterocycles. The van der Waals surface area contributed by atoms with Gasteiger partial charge in [-0.3, -0.25) is 4.79 Å². The Labute approximate surface area is 150 Å². The van der Waals surface area contributed by atoms with Gasteiger partial charge in [-0.05, 0) is 17.7 Å². The van der Waals surface area contributed by atoms with Crippen LogP contribution in [0.3, 0.4) is 0 Å². The number of rotatable bonds is 5. The number of hydrogen-bond donors (Lipinski definition) is 1. The summed E-state index contributed by atoms with van der Waals surface area (Å²) in [7, 11) is 0. The second kappa shape index (κ2) is 8.24. The molecule has 1 aliphatic heterocycles. The van der Waals surface area contributed by atoms with Gasteiger partial charge in [-0.1, -0.05) is 17.7 Å². The van der Waals surface area contributed by atoms with Crippen LogP contribution in [0.25, 0.3) is 11.1 Å². The van der Waals surface area contributed by atoms with Crippen LogP contribution in [0.1, 0.15) is 10.6 Å². The Morgan fingerprint density at radius 1 is 1.24 bits per heavy atom. The highest BCUT2D eigenvalue weighted by atomic mass is 35.5. The highest BCUT2D eigenvalue weighted by molar-refractivity contribution is 6.32. The van der Waals surface area contributed by atoms with Crippen LogP contribution >= 0.6 is 11.6 Å². The number of carbonyl (C=O) groups is 1. The Morgan fingerprint density at radius 3 is 2.60 bits per heavy atom. The molecular weight excluding hydrogens is 344 g/mol. The maximum absolute atomic E-state index is 12.3. The topological polar surface area (TPSA) is 90.6 Å². The first kappa shape index (κ1) is 17.6. The Kier molecular flexibility index (Phi) is 5.80. The first-order chi connectivity index (χ1) is 12.2. The van der Waals surface area contributed by atoms with Crippen molar-refractivity contribution in [2.45, 2.75) is 0 Å². The number of carbonyl (C=O) groups excluding carboxylic acids is 1. The van der Waals surface area contributed by atoms with Crippen molar-refractivity contribution in [1.82, 2.24) is 14.9 Å². The van der Waals surface area contributed by atoms with E-state index in [2.05, 4.69) is 9.97 Å². The first-order valence-electron chi connectivity index (χ1n) is 8.01. The van der Waals surface area contributed by atoms with Crippen molar-refractivity contribution < 1.29 is 14.3 Å². The molecular formula is C17H19ClN4O3. The maximum atomic E-state index is 12.3. The second-order valence-electron chi connectivity index (χ2n) is 5.48. The van der Waals surface area contributed by atoms with E-state index in [9.17, 15) is 4.79 Å². The highest BCUT2D eigenvalue weighted by Gasteiger charge is 2.20. The number of hydrogen-bond acceptors (Lipinski definition) is 6. The molecule has 1 saturated heterocycles. The van der Waals surface area contributed by atoms with Gasteiger partial charge in [0.25, 0.3) is 5.91 Å². The SMILES string of the molecule is NCCOc1ccc(-c2cnc(C(=O)N3CCOCC3)nc2)cc1Cl. The minimum Gasteiger partial charge on any atom is -0.491 e. The summed E-state index contributed by atoms with van der Waals surface area (Å²) in [6, 6.07) is 5.41. The van der Waals surface area contributed by atoms with Gasteiger partial charge in [0, 0.05) is 37.6 Å². The van der Waals surface area contributed by atoms with Crippen LogP contribution in [0, 0.1) is 0 Å². The summed E-state index contributed by atoms with van der Waals surface area (Å²) < 4.78 is 10.7. The molecule has 0 unspecified atom stereocenters. The normalized spacial score (nSPS) is 14.4. The van der Waals surface area contributed by atoms with Crippen LogP contribution in [-0.2, 0) is 4.74 Å². The van der Waals surface area contributed by atoms with Crippen molar-refractivity contribution in [3.8, 4) is 16.9 Å². The number of benzene rings is 1. The fraction of sp³-hybridized carbons (Fsp3) is 0.353. The lowest BCUT2D eigenvalue weighted by molar-refractivity contribution is 0.0295. The minimum absolute atomic E-state index is 0.180. The van der Waals surface area contributed by atoms with Crippen LogP contribution in [0.4, 0.5) is 0 Å². The quantitative estimate of drug-likeness (QED) is 0.869. The van der Waals surface area contributed by atoms with Crippen molar-refractivity contribution >= 4 is 17.5 Å². The van der Waals surface area contributed by atoms with E-state index in [-0.39, 0.29) is 11.7 Å². The zero-order valence-corrected chi connectivity index (χ0v) is 14.4. The Hall–Kier alpha value is -2.22. The second-order valence-corrected chi connectivity index (χ2v) is 5.89. The minimum atomic E-state index is -0.182. The van der Waals surface area contributed by atoms with E-state index >= 15 is 0 Å². The number of halogens is 1. The maximum Gasteiger partial charge on any atom is 0.291 e. The van der Waals surface area contributed by atoms with E-state index in [1.165, 1.54) is 0 Å². The molecule has 2 N–H and O–H groups in total. The fourth-order valence-electron chi connectivity index (χ4n) is 2.46. The summed E-state index contributed by atoms with van der Waals surface area (Å²) in [5.74, 6) is 0.578. The van der Waals surface area contributed by atoms with E-state index in [0.29, 0.717) is 50.2 Å². The zero-order valence-electron chi connectivity index (χ0n) is 13.7. The van der Waals surface area contributed by atoms with Gasteiger partial charge in [0.05, 0.1) is 18.2 Å². The van der Waals surface area contributed by atoms with Gasteiger partial charge in [-0.15, -0.1) is 0 Å². The molecule has 0 aliphatic carbocycles. The number of morpholine rings is 1. The third-order valence-electron chi connectivity index (χ3n) is 3.78. The summed E-state index contributed by atoms with van der Waals surface area (Å²) >= 11 is 6.22. The first-order valence-corrected chi connectivity index (χ1v) is 8.38. The summed E-state index contributed by atoms with van der Waals surface area (Å²) in [5, 5.41) is 0.486. The van der Waals surface area contributed by atoms with Crippen molar-refractivity contribution in [1.29, 1.82) is 0 Å². The van der Waals surface area contributed by atoms with Gasteiger partial charge in [0.15, 0.2) is 0 Å². The lowest BCUT2D eigenvalue weighted by Crippen LogP contribution is -2.41. The molecule has 132 valence electrons. The number of ether oxygens (including phenoxy) is 2. The van der Waals surface area contributed by atoms with Gasteiger partial charge < -0.3 is 20.1 Å². The van der Waals surface area contributed by atoms with Crippen molar-refractivity contribution in [3.63, 3.8) is 0 Å². The summed E-state index contributed by atoms with van der Waals surface area (Å²) in [6.07, 6.45) is 3.24. The summed E-state index contributed by atoms with van der Waals surface area (Å²) in [5.41, 5.74) is 7.03. The molecule has 25 heavy (non-hydrogen) atoms. The van der Waals surface area contributed by atoms with E-state index < -0.39 is 0 Å². The molecule has 0 radical (unpaired) electrons. The lowest BCUT2D eigenvalue weighted by atomic mass is 10.1. The molecule has 0 bridgehead atoms. The van der Waals surface area contributed by atoms with Crippen LogP contribution in [0.5, 0.6) is 5.75 Å². The van der Waals surface area contributed by atoms with Crippen molar-refractivity contribution in [2.24, 2.45) is 5.73 Å². The lowest BCUT2D eigenvalue weighted by Gasteiger charge is -2.25. The zero-order chi connectivity index (χ0) is 17.6. The molecule has 8 heteroatoms.